The lowest BCUT2D eigenvalue weighted by atomic mass is 9.73. The highest BCUT2D eigenvalue weighted by Gasteiger charge is 2.45. The molecule has 34 heteroatoms. The number of aryl methyl sites for hydroxylation is 2. The molecule has 706 valence electrons. The first-order valence-corrected chi connectivity index (χ1v) is 46.6. The average Bonchev–Trinajstić information content (AvgIpc) is 1.58. The number of halogens is 1. The van der Waals surface area contributed by atoms with Gasteiger partial charge in [0, 0.05) is 144 Å². The van der Waals surface area contributed by atoms with E-state index in [9.17, 15) is 23.6 Å². The third-order valence-electron chi connectivity index (χ3n) is 26.1. The molecular formula is C106H101FN24O8S. The van der Waals surface area contributed by atoms with Crippen molar-refractivity contribution in [3.8, 4) is 55.7 Å². The Hall–Kier alpha value is -16.5. The first-order chi connectivity index (χ1) is 68.3. The summed E-state index contributed by atoms with van der Waals surface area (Å²) in [6.07, 6.45) is 27.0. The van der Waals surface area contributed by atoms with Crippen LogP contribution in [0.25, 0.3) is 55.7 Å². The van der Waals surface area contributed by atoms with Crippen LogP contribution in [0.2, 0.25) is 0 Å². The summed E-state index contributed by atoms with van der Waals surface area (Å²) >= 11 is 1.64. The zero-order valence-electron chi connectivity index (χ0n) is 76.7. The zero-order chi connectivity index (χ0) is 96.6. The number of H-pyrrole nitrogens is 2. The van der Waals surface area contributed by atoms with Gasteiger partial charge < -0.3 is 77.3 Å². The number of para-hydroxylation sites is 4. The van der Waals surface area contributed by atoms with Crippen LogP contribution in [-0.4, -0.2) is 156 Å². The Bertz CT molecular complexity index is 7120. The molecule has 12 heterocycles. The van der Waals surface area contributed by atoms with Crippen molar-refractivity contribution in [3.05, 3.63) is 372 Å². The Kier molecular flexibility index (Phi) is 28.4. The number of nitrogen functional groups attached to an aromatic ring is 4. The molecule has 32 nitrogen and oxygen atoms in total. The highest BCUT2D eigenvalue weighted by molar-refractivity contribution is 7.13. The molecule has 4 amide bonds. The van der Waals surface area contributed by atoms with E-state index in [1.54, 1.807) is 122 Å². The molecule has 0 unspecified atom stereocenters. The van der Waals surface area contributed by atoms with Crippen molar-refractivity contribution in [2.45, 2.75) is 73.0 Å². The predicted octanol–water partition coefficient (Wildman–Crippen LogP) is 17.1. The van der Waals surface area contributed by atoms with Crippen LogP contribution in [0, 0.1) is 5.82 Å². The number of aromatic nitrogens is 16. The molecule has 140 heavy (non-hydrogen) atoms. The maximum absolute atomic E-state index is 13.4. The quantitative estimate of drug-likeness (QED) is 0.0299. The number of hydrogen-bond acceptors (Lipinski definition) is 25. The molecule has 0 radical (unpaired) electrons. The molecule has 14 N–H and O–H groups in total. The lowest BCUT2D eigenvalue weighted by Gasteiger charge is -2.37. The normalized spacial score (nSPS) is 15.0. The molecule has 0 atom stereocenters. The van der Waals surface area contributed by atoms with Crippen molar-refractivity contribution >= 4 is 80.5 Å². The van der Waals surface area contributed by atoms with Gasteiger partial charge in [0.25, 0.3) is 23.6 Å². The summed E-state index contributed by atoms with van der Waals surface area (Å²) in [6.45, 7) is 5.02. The summed E-state index contributed by atoms with van der Waals surface area (Å²) < 4.78 is 40.1. The number of nitrogens with two attached hydrogens (primary N) is 4. The Balaban J connectivity index is 0.000000124. The van der Waals surface area contributed by atoms with Gasteiger partial charge in [-0.2, -0.15) is 5.21 Å². The van der Waals surface area contributed by atoms with Crippen molar-refractivity contribution in [2.24, 2.45) is 14.1 Å². The third kappa shape index (κ3) is 20.6. The van der Waals surface area contributed by atoms with E-state index in [-0.39, 0.29) is 51.1 Å². The number of tetrazole rings is 1. The number of hydrogen-bond donors (Lipinski definition) is 10. The largest absolute Gasteiger partial charge is 0.397 e. The molecule has 21 rings (SSSR count). The monoisotopic (exact) mass is 1890 g/mol. The summed E-state index contributed by atoms with van der Waals surface area (Å²) in [6, 6.07) is 66.3. The number of nitrogens with zero attached hydrogens (tertiary/aromatic N) is 14. The molecule has 4 aliphatic heterocycles. The lowest BCUT2D eigenvalue weighted by molar-refractivity contribution is 0.0595. The van der Waals surface area contributed by atoms with Gasteiger partial charge in [-0.05, 0) is 211 Å². The predicted molar refractivity (Wildman–Crippen MR) is 535 cm³/mol. The Morgan fingerprint density at radius 2 is 0.764 bits per heavy atom. The molecule has 4 fully saturated rings. The summed E-state index contributed by atoms with van der Waals surface area (Å²) in [5.74, 6) is 2.18. The van der Waals surface area contributed by atoms with Crippen molar-refractivity contribution < 1.29 is 42.5 Å². The van der Waals surface area contributed by atoms with Gasteiger partial charge in [0.2, 0.25) is 0 Å². The molecule has 0 bridgehead atoms. The van der Waals surface area contributed by atoms with Crippen molar-refractivity contribution in [1.29, 1.82) is 0 Å². The van der Waals surface area contributed by atoms with Gasteiger partial charge in [-0.25, -0.2) is 19.3 Å². The minimum atomic E-state index is -0.379. The zero-order valence-corrected chi connectivity index (χ0v) is 77.5. The molecule has 17 aromatic rings. The van der Waals surface area contributed by atoms with Crippen molar-refractivity contribution in [3.63, 3.8) is 0 Å². The van der Waals surface area contributed by atoms with Crippen LogP contribution in [0.5, 0.6) is 0 Å². The maximum atomic E-state index is 13.4. The molecule has 0 spiro atoms. The highest BCUT2D eigenvalue weighted by Crippen LogP contribution is 2.47. The van der Waals surface area contributed by atoms with E-state index in [4.69, 9.17) is 56.8 Å². The Morgan fingerprint density at radius 1 is 0.386 bits per heavy atom. The van der Waals surface area contributed by atoms with Crippen LogP contribution in [0.4, 0.5) is 49.9 Å². The van der Waals surface area contributed by atoms with E-state index in [1.165, 1.54) is 12.1 Å². The summed E-state index contributed by atoms with van der Waals surface area (Å²) in [5.41, 5.74) is 40.8. The molecule has 4 saturated heterocycles. The number of rotatable bonds is 21. The topological polar surface area (TPSA) is 454 Å². The van der Waals surface area contributed by atoms with Crippen LogP contribution >= 0.6 is 11.3 Å². The van der Waals surface area contributed by atoms with E-state index in [0.29, 0.717) is 132 Å². The third-order valence-corrected chi connectivity index (χ3v) is 27.0. The summed E-state index contributed by atoms with van der Waals surface area (Å²) in [7, 11) is 4.00. The van der Waals surface area contributed by atoms with Crippen LogP contribution in [-0.2, 0) is 54.7 Å². The van der Waals surface area contributed by atoms with Crippen LogP contribution in [0.3, 0.4) is 0 Å². The number of imidazole rings is 3. The van der Waals surface area contributed by atoms with Gasteiger partial charge in [0.15, 0.2) is 5.82 Å². The number of carbonyl (C=O) groups excluding carboxylic acids is 4. The number of aromatic amines is 2. The number of benzene rings is 9. The number of ether oxygens (including phenoxy) is 4. The van der Waals surface area contributed by atoms with E-state index in [2.05, 4.69) is 81.3 Å². The standard InChI is InChI=1S/C32H29FN6O2.C26H26N6O2.C25H24N6O2.C23H22N6O2S/c1-39-20-29(28-19-35-14-15-36-28)38-31(39)32(12-16-41-17-13-32)24-7-2-22(3-8-24)30(40)37-27-18-23(6-11-26(27)34)21-4-9-25(33)10-5-21;1-32-17-23(22-16-28-12-13-29-22)31-25(32)26(10-14-34-15-11-26)19-8-6-18(7-9-19)24(33)30-21-5-3-2-4-20(21)27;26-19-3-1-2-4-20(19)30-23(32)17-5-7-18(8-6-17)25(9-13-33-14-10-25)24-29-16-22(31-24)21-15-27-11-12-28-21;24-18-8-5-16(20-2-1-13-32-20)14-19(18)25-21(30)15-3-6-17(7-4-15)23(9-11-31-12-10-23)22-26-28-29-27-22/h2-11,14-15,18-20H,12-13,16-17,34H2,1H3,(H,37,40);2-9,12-13,16-17H,10-11,14-15,27H2,1H3,(H,30,33);1-8,11-12,15-16H,9-10,13-14,26H2,(H,29,31)(H,30,32);1-8,13-14H,9-12,24H2,(H,25,30)(H,26,27,28,29). The average molecular weight is 1890 g/mol. The van der Waals surface area contributed by atoms with Crippen LogP contribution in [0.15, 0.2) is 298 Å². The van der Waals surface area contributed by atoms with Gasteiger partial charge in [-0.1, -0.05) is 108 Å². The van der Waals surface area contributed by atoms with Crippen molar-refractivity contribution in [2.75, 3.05) is 97.1 Å². The molecular weight excluding hydrogens is 1790 g/mol. The SMILES string of the molecule is Cn1cc(-c2cnccn2)nc1C1(c2ccc(C(=O)Nc3cc(-c4ccc(F)cc4)ccc3N)cc2)CCOCC1.Cn1cc(-c2cnccn2)nc1C1(c2ccc(C(=O)Nc3ccccc3N)cc2)CCOCC1.Nc1ccc(-c2cccs2)cc1NC(=O)c1ccc(C2(c3nn[nH]n3)CCOCC2)cc1.Nc1ccccc1NC(=O)c1ccc(C2(c3ncc(-c4cnccn4)[nH]3)CCOCC2)cc1. The molecule has 4 aliphatic rings. The minimum Gasteiger partial charge on any atom is -0.397 e. The maximum Gasteiger partial charge on any atom is 0.255 e. The number of carbonyl (C=O) groups is 4. The second-order valence-electron chi connectivity index (χ2n) is 34.4. The molecule has 8 aromatic heterocycles. The minimum absolute atomic E-state index is 0.201. The van der Waals surface area contributed by atoms with E-state index < -0.39 is 0 Å². The van der Waals surface area contributed by atoms with Gasteiger partial charge >= 0.3 is 0 Å². The lowest BCUT2D eigenvalue weighted by Crippen LogP contribution is -2.37. The van der Waals surface area contributed by atoms with Gasteiger partial charge in [0.05, 0.1) is 97.6 Å². The second-order valence-corrected chi connectivity index (χ2v) is 35.4. The molecule has 0 aliphatic carbocycles. The number of anilines is 8. The van der Waals surface area contributed by atoms with Gasteiger partial charge in [-0.3, -0.25) is 49.1 Å². The first kappa shape index (κ1) is 93.9. The van der Waals surface area contributed by atoms with E-state index in [1.807, 2.05) is 194 Å². The van der Waals surface area contributed by atoms with Gasteiger partial charge in [-0.15, -0.1) is 21.5 Å². The molecule has 9 aromatic carbocycles. The highest BCUT2D eigenvalue weighted by atomic mass is 32.1. The van der Waals surface area contributed by atoms with Crippen LogP contribution < -0.4 is 44.2 Å². The Labute approximate surface area is 809 Å². The fourth-order valence-corrected chi connectivity index (χ4v) is 19.1. The van der Waals surface area contributed by atoms with Crippen LogP contribution in [0.1, 0.15) is 138 Å². The fourth-order valence-electron chi connectivity index (χ4n) is 18.4. The second kappa shape index (κ2) is 42.4. The smallest absolute Gasteiger partial charge is 0.255 e. The van der Waals surface area contributed by atoms with Gasteiger partial charge in [0.1, 0.15) is 51.8 Å². The fraction of sp³-hybridized carbons (Fsp3) is 0.208. The number of nitrogens with one attached hydrogen (secondary N) is 6. The summed E-state index contributed by atoms with van der Waals surface area (Å²) in [4.78, 5) is 96.7. The summed E-state index contributed by atoms with van der Waals surface area (Å²) in [5, 5.41) is 28.4. The number of amides is 4. The number of thiophene rings is 1. The van der Waals surface area contributed by atoms with Crippen molar-refractivity contribution in [1.82, 2.24) is 79.6 Å². The van der Waals surface area contributed by atoms with E-state index in [0.717, 1.165) is 141 Å². The molecule has 0 saturated carbocycles. The Morgan fingerprint density at radius 3 is 1.17 bits per heavy atom. The van der Waals surface area contributed by atoms with E-state index >= 15 is 0 Å². The first-order valence-electron chi connectivity index (χ1n) is 45.7.